The summed E-state index contributed by atoms with van der Waals surface area (Å²) in [6.45, 7) is 7.00. The van der Waals surface area contributed by atoms with Crippen LogP contribution in [0.4, 0.5) is 0 Å². The highest BCUT2D eigenvalue weighted by atomic mass is 16.5. The number of aromatic nitrogens is 1. The highest BCUT2D eigenvalue weighted by molar-refractivity contribution is 5.88. The maximum atomic E-state index is 13.2. The minimum absolute atomic E-state index is 0.0497. The highest BCUT2D eigenvalue weighted by Crippen LogP contribution is 2.36. The molecule has 1 amide bonds. The third-order valence-corrected chi connectivity index (χ3v) is 7.07. The Labute approximate surface area is 218 Å². The quantitative estimate of drug-likeness (QED) is 0.304. The summed E-state index contributed by atoms with van der Waals surface area (Å²) in [7, 11) is 0. The molecule has 1 saturated heterocycles. The van der Waals surface area contributed by atoms with Crippen LogP contribution in [-0.2, 0) is 16.0 Å². The molecule has 1 aliphatic heterocycles. The largest absolute Gasteiger partial charge is 0.457 e. The molecule has 1 atom stereocenters. The first-order chi connectivity index (χ1) is 18.2. The molecule has 1 fully saturated rings. The number of ether oxygens (including phenoxy) is 2. The number of para-hydroxylation sites is 2. The summed E-state index contributed by atoms with van der Waals surface area (Å²) in [6.07, 6.45) is 3.38. The lowest BCUT2D eigenvalue weighted by Crippen LogP contribution is -2.41. The van der Waals surface area contributed by atoms with Gasteiger partial charge in [0.25, 0.3) is 0 Å². The molecule has 0 radical (unpaired) electrons. The monoisotopic (exact) mass is 497 g/mol. The molecule has 0 aliphatic carbocycles. The van der Waals surface area contributed by atoms with E-state index in [1.54, 1.807) is 0 Å². The van der Waals surface area contributed by atoms with E-state index in [-0.39, 0.29) is 11.8 Å². The van der Waals surface area contributed by atoms with E-state index in [0.717, 1.165) is 67.4 Å². The van der Waals surface area contributed by atoms with E-state index >= 15 is 0 Å². The number of amides is 1. The molecule has 0 unspecified atom stereocenters. The number of carbonyl (C=O) groups is 1. The van der Waals surface area contributed by atoms with Crippen molar-refractivity contribution < 1.29 is 14.3 Å². The van der Waals surface area contributed by atoms with Crippen LogP contribution < -0.4 is 10.1 Å². The first-order valence-electron chi connectivity index (χ1n) is 13.2. The second-order valence-electron chi connectivity index (χ2n) is 9.49. The van der Waals surface area contributed by atoms with Crippen LogP contribution in [0.1, 0.15) is 36.0 Å². The minimum atomic E-state index is -0.108. The number of hydrogen-bond acceptors (Lipinski definition) is 4. The van der Waals surface area contributed by atoms with Crippen molar-refractivity contribution in [3.05, 3.63) is 95.7 Å². The number of rotatable bonds is 10. The normalized spacial score (nSPS) is 14.9. The number of fused-ring (bicyclic) bond motifs is 1. The van der Waals surface area contributed by atoms with Gasteiger partial charge in [-0.15, -0.1) is 0 Å². The number of H-pyrrole nitrogens is 1. The Bertz CT molecular complexity index is 1310. The van der Waals surface area contributed by atoms with Gasteiger partial charge in [-0.2, -0.15) is 0 Å². The van der Waals surface area contributed by atoms with Gasteiger partial charge < -0.3 is 19.8 Å². The van der Waals surface area contributed by atoms with Crippen LogP contribution in [0.2, 0.25) is 0 Å². The van der Waals surface area contributed by atoms with Crippen molar-refractivity contribution in [1.82, 2.24) is 15.2 Å². The van der Waals surface area contributed by atoms with Crippen molar-refractivity contribution >= 4 is 16.8 Å². The molecule has 37 heavy (non-hydrogen) atoms. The van der Waals surface area contributed by atoms with Gasteiger partial charge in [0.2, 0.25) is 5.91 Å². The van der Waals surface area contributed by atoms with Gasteiger partial charge >= 0.3 is 0 Å². The van der Waals surface area contributed by atoms with Crippen LogP contribution in [0.25, 0.3) is 10.9 Å². The molecule has 3 aromatic carbocycles. The topological polar surface area (TPSA) is 66.6 Å². The zero-order valence-corrected chi connectivity index (χ0v) is 21.4. The number of nitrogens with one attached hydrogen (secondary N) is 2. The summed E-state index contributed by atoms with van der Waals surface area (Å²) in [6, 6.07) is 24.3. The van der Waals surface area contributed by atoms with Crippen LogP contribution in [0.5, 0.6) is 11.5 Å². The smallest absolute Gasteiger partial charge is 0.220 e. The number of benzene rings is 3. The standard InChI is InChI=1S/C31H35N3O3/c1-2-23-8-7-13-27-29(22-33-31(23)27)28(21-30(35)32-14-15-34-16-18-36-19-17-34)24-9-6-12-26(20-24)37-25-10-4-3-5-11-25/h3-13,20,22,28,33H,2,14-19,21H2,1H3,(H,32,35)/t28-/m0/s1. The van der Waals surface area contributed by atoms with Crippen molar-refractivity contribution in [2.75, 3.05) is 39.4 Å². The molecule has 2 N–H and O–H groups in total. The highest BCUT2D eigenvalue weighted by Gasteiger charge is 2.23. The summed E-state index contributed by atoms with van der Waals surface area (Å²) in [5.74, 6) is 1.49. The third-order valence-electron chi connectivity index (χ3n) is 7.07. The van der Waals surface area contributed by atoms with Crippen molar-refractivity contribution in [3.63, 3.8) is 0 Å². The van der Waals surface area contributed by atoms with Crippen molar-refractivity contribution in [2.24, 2.45) is 0 Å². The molecule has 5 rings (SSSR count). The zero-order valence-electron chi connectivity index (χ0n) is 21.4. The third kappa shape index (κ3) is 6.21. The van der Waals surface area contributed by atoms with Gasteiger partial charge in [-0.05, 0) is 47.4 Å². The summed E-state index contributed by atoms with van der Waals surface area (Å²) < 4.78 is 11.6. The molecule has 2 heterocycles. The molecular weight excluding hydrogens is 462 g/mol. The minimum Gasteiger partial charge on any atom is -0.457 e. The second kappa shape index (κ2) is 12.1. The van der Waals surface area contributed by atoms with Crippen LogP contribution in [0.15, 0.2) is 79.0 Å². The van der Waals surface area contributed by atoms with Gasteiger partial charge in [0.05, 0.1) is 13.2 Å². The fraction of sp³-hybridized carbons (Fsp3) is 0.323. The molecule has 4 aromatic rings. The first-order valence-corrected chi connectivity index (χ1v) is 13.2. The number of morpholine rings is 1. The molecular formula is C31H35N3O3. The lowest BCUT2D eigenvalue weighted by molar-refractivity contribution is -0.121. The predicted molar refractivity (Wildman–Crippen MR) is 147 cm³/mol. The van der Waals surface area contributed by atoms with Crippen LogP contribution >= 0.6 is 0 Å². The van der Waals surface area contributed by atoms with Gasteiger partial charge in [-0.3, -0.25) is 9.69 Å². The van der Waals surface area contributed by atoms with Crippen molar-refractivity contribution in [2.45, 2.75) is 25.7 Å². The van der Waals surface area contributed by atoms with Crippen LogP contribution in [-0.4, -0.2) is 55.2 Å². The predicted octanol–water partition coefficient (Wildman–Crippen LogP) is 5.49. The molecule has 6 heteroatoms. The summed E-state index contributed by atoms with van der Waals surface area (Å²) >= 11 is 0. The summed E-state index contributed by atoms with van der Waals surface area (Å²) in [5, 5.41) is 4.32. The fourth-order valence-electron chi connectivity index (χ4n) is 5.08. The van der Waals surface area contributed by atoms with E-state index < -0.39 is 0 Å². The second-order valence-corrected chi connectivity index (χ2v) is 9.49. The Balaban J connectivity index is 1.39. The first kappa shape index (κ1) is 25.1. The Hall–Kier alpha value is -3.61. The number of carbonyl (C=O) groups excluding carboxylic acids is 1. The molecule has 6 nitrogen and oxygen atoms in total. The maximum Gasteiger partial charge on any atom is 0.220 e. The molecule has 0 saturated carbocycles. The average molecular weight is 498 g/mol. The Morgan fingerprint density at radius 1 is 1.03 bits per heavy atom. The maximum absolute atomic E-state index is 13.2. The number of nitrogens with zero attached hydrogens (tertiary/aromatic N) is 1. The van der Waals surface area contributed by atoms with Gasteiger partial charge in [-0.1, -0.05) is 55.5 Å². The van der Waals surface area contributed by atoms with E-state index in [1.807, 2.05) is 42.5 Å². The van der Waals surface area contributed by atoms with Crippen molar-refractivity contribution in [3.8, 4) is 11.5 Å². The Kier molecular flexibility index (Phi) is 8.18. The van der Waals surface area contributed by atoms with E-state index in [0.29, 0.717) is 13.0 Å². The van der Waals surface area contributed by atoms with Crippen molar-refractivity contribution in [1.29, 1.82) is 0 Å². The molecule has 1 aliphatic rings. The van der Waals surface area contributed by atoms with E-state index in [4.69, 9.17) is 9.47 Å². The van der Waals surface area contributed by atoms with Gasteiger partial charge in [0.15, 0.2) is 0 Å². The fourth-order valence-corrected chi connectivity index (χ4v) is 5.08. The molecule has 0 spiro atoms. The summed E-state index contributed by atoms with van der Waals surface area (Å²) in [4.78, 5) is 19.0. The number of aryl methyl sites for hydroxylation is 1. The van der Waals surface area contributed by atoms with Crippen LogP contribution in [0.3, 0.4) is 0 Å². The van der Waals surface area contributed by atoms with E-state index in [9.17, 15) is 4.79 Å². The zero-order chi connectivity index (χ0) is 25.5. The Morgan fingerprint density at radius 3 is 2.62 bits per heavy atom. The van der Waals surface area contributed by atoms with E-state index in [1.165, 1.54) is 10.9 Å². The summed E-state index contributed by atoms with van der Waals surface area (Å²) in [5.41, 5.74) is 4.61. The van der Waals surface area contributed by atoms with Gasteiger partial charge in [-0.25, -0.2) is 0 Å². The average Bonchev–Trinajstić information content (AvgIpc) is 3.37. The Morgan fingerprint density at radius 2 is 1.81 bits per heavy atom. The lowest BCUT2D eigenvalue weighted by atomic mass is 9.87. The lowest BCUT2D eigenvalue weighted by Gasteiger charge is -2.26. The number of hydrogen-bond donors (Lipinski definition) is 2. The van der Waals surface area contributed by atoms with Crippen LogP contribution in [0, 0.1) is 0 Å². The molecule has 192 valence electrons. The van der Waals surface area contributed by atoms with E-state index in [2.05, 4.69) is 58.7 Å². The van der Waals surface area contributed by atoms with Gasteiger partial charge in [0, 0.05) is 55.6 Å². The van der Waals surface area contributed by atoms with Gasteiger partial charge in [0.1, 0.15) is 11.5 Å². The molecule has 1 aromatic heterocycles. The molecule has 0 bridgehead atoms. The SMILES string of the molecule is CCc1cccc2c([C@@H](CC(=O)NCCN3CCOCC3)c3cccc(Oc4ccccc4)c3)c[nH]c12. The number of aromatic amines is 1.